The van der Waals surface area contributed by atoms with Crippen LogP contribution in [0.1, 0.15) is 26.7 Å². The standard InChI is InChI=1S/C10H18O5/c1-10(2)14-8-7(12)6(4-3-5-11)13-9(8)15-10/h6-9,11-12H,3-5H2,1-2H3/t6-,7+,8-,9-/m1/s1. The van der Waals surface area contributed by atoms with Gasteiger partial charge in [-0.1, -0.05) is 0 Å². The summed E-state index contributed by atoms with van der Waals surface area (Å²) in [4.78, 5) is 0. The highest BCUT2D eigenvalue weighted by Crippen LogP contribution is 2.38. The average molecular weight is 218 g/mol. The van der Waals surface area contributed by atoms with Crippen LogP contribution in [-0.4, -0.2) is 47.2 Å². The monoisotopic (exact) mass is 218 g/mol. The summed E-state index contributed by atoms with van der Waals surface area (Å²) < 4.78 is 16.5. The summed E-state index contributed by atoms with van der Waals surface area (Å²) in [5, 5.41) is 18.6. The fourth-order valence-corrected chi connectivity index (χ4v) is 2.09. The van der Waals surface area contributed by atoms with Gasteiger partial charge in [0.05, 0.1) is 6.10 Å². The van der Waals surface area contributed by atoms with Gasteiger partial charge in [0.1, 0.15) is 12.2 Å². The first-order chi connectivity index (χ1) is 7.03. The molecule has 0 bridgehead atoms. The molecular weight excluding hydrogens is 200 g/mol. The molecule has 0 aromatic heterocycles. The molecule has 0 aromatic rings. The molecule has 2 heterocycles. The lowest BCUT2D eigenvalue weighted by Crippen LogP contribution is -2.34. The van der Waals surface area contributed by atoms with Crippen molar-refractivity contribution in [3.63, 3.8) is 0 Å². The van der Waals surface area contributed by atoms with Crippen LogP contribution in [0, 0.1) is 0 Å². The molecule has 88 valence electrons. The van der Waals surface area contributed by atoms with Gasteiger partial charge in [-0.2, -0.15) is 0 Å². The molecule has 2 saturated heterocycles. The van der Waals surface area contributed by atoms with Crippen LogP contribution in [0.5, 0.6) is 0 Å². The van der Waals surface area contributed by atoms with Crippen LogP contribution in [0.25, 0.3) is 0 Å². The largest absolute Gasteiger partial charge is 0.396 e. The van der Waals surface area contributed by atoms with Gasteiger partial charge in [-0.15, -0.1) is 0 Å². The second-order valence-corrected chi connectivity index (χ2v) is 4.50. The minimum absolute atomic E-state index is 0.106. The maximum atomic E-state index is 9.91. The highest BCUT2D eigenvalue weighted by Gasteiger charge is 2.53. The van der Waals surface area contributed by atoms with E-state index in [0.29, 0.717) is 12.8 Å². The molecule has 2 rings (SSSR count). The minimum Gasteiger partial charge on any atom is -0.396 e. The summed E-state index contributed by atoms with van der Waals surface area (Å²) in [6.07, 6.45) is -0.587. The van der Waals surface area contributed by atoms with Crippen molar-refractivity contribution in [3.8, 4) is 0 Å². The Morgan fingerprint density at radius 1 is 1.27 bits per heavy atom. The van der Waals surface area contributed by atoms with Gasteiger partial charge in [0.25, 0.3) is 0 Å². The van der Waals surface area contributed by atoms with Crippen molar-refractivity contribution < 1.29 is 24.4 Å². The van der Waals surface area contributed by atoms with Crippen molar-refractivity contribution in [2.45, 2.75) is 57.1 Å². The van der Waals surface area contributed by atoms with Gasteiger partial charge in [-0.05, 0) is 26.7 Å². The summed E-state index contributed by atoms with van der Waals surface area (Å²) in [6, 6.07) is 0. The Hall–Kier alpha value is -0.200. The fourth-order valence-electron chi connectivity index (χ4n) is 2.09. The van der Waals surface area contributed by atoms with Gasteiger partial charge < -0.3 is 24.4 Å². The van der Waals surface area contributed by atoms with Crippen LogP contribution in [0.15, 0.2) is 0 Å². The lowest BCUT2D eigenvalue weighted by Gasteiger charge is -2.22. The molecule has 2 aliphatic heterocycles. The van der Waals surface area contributed by atoms with Crippen molar-refractivity contribution in [1.82, 2.24) is 0 Å². The summed E-state index contributed by atoms with van der Waals surface area (Å²) in [5.41, 5.74) is 0. The zero-order valence-electron chi connectivity index (χ0n) is 9.05. The van der Waals surface area contributed by atoms with Gasteiger partial charge in [0, 0.05) is 6.61 Å². The number of rotatable bonds is 3. The number of hydrogen-bond acceptors (Lipinski definition) is 5. The molecular formula is C10H18O5. The average Bonchev–Trinajstić information content (AvgIpc) is 2.58. The Bertz CT molecular complexity index is 230. The molecule has 2 fully saturated rings. The van der Waals surface area contributed by atoms with Crippen molar-refractivity contribution in [3.05, 3.63) is 0 Å². The van der Waals surface area contributed by atoms with E-state index in [0.717, 1.165) is 0 Å². The summed E-state index contributed by atoms with van der Waals surface area (Å²) >= 11 is 0. The van der Waals surface area contributed by atoms with E-state index in [4.69, 9.17) is 19.3 Å². The molecule has 0 aromatic carbocycles. The first kappa shape index (κ1) is 11.3. The van der Waals surface area contributed by atoms with E-state index in [1.807, 2.05) is 0 Å². The smallest absolute Gasteiger partial charge is 0.190 e. The fraction of sp³-hybridized carbons (Fsp3) is 1.00. The van der Waals surface area contributed by atoms with Crippen molar-refractivity contribution >= 4 is 0 Å². The Morgan fingerprint density at radius 3 is 2.60 bits per heavy atom. The van der Waals surface area contributed by atoms with Crippen LogP contribution in [0.4, 0.5) is 0 Å². The van der Waals surface area contributed by atoms with Gasteiger partial charge in [0.15, 0.2) is 12.1 Å². The Labute approximate surface area is 88.9 Å². The third-order valence-electron chi connectivity index (χ3n) is 2.76. The van der Waals surface area contributed by atoms with Gasteiger partial charge in [-0.3, -0.25) is 0 Å². The lowest BCUT2D eigenvalue weighted by molar-refractivity contribution is -0.215. The van der Waals surface area contributed by atoms with Gasteiger partial charge in [-0.25, -0.2) is 0 Å². The van der Waals surface area contributed by atoms with Gasteiger partial charge >= 0.3 is 0 Å². The van der Waals surface area contributed by atoms with E-state index >= 15 is 0 Å². The molecule has 2 N–H and O–H groups in total. The van der Waals surface area contributed by atoms with E-state index in [2.05, 4.69) is 0 Å². The molecule has 0 unspecified atom stereocenters. The van der Waals surface area contributed by atoms with E-state index in [9.17, 15) is 5.11 Å². The van der Waals surface area contributed by atoms with Crippen molar-refractivity contribution in [2.75, 3.05) is 6.61 Å². The van der Waals surface area contributed by atoms with Gasteiger partial charge in [0.2, 0.25) is 0 Å². The Balaban J connectivity index is 1.93. The number of fused-ring (bicyclic) bond motifs is 1. The van der Waals surface area contributed by atoms with Crippen LogP contribution >= 0.6 is 0 Å². The van der Waals surface area contributed by atoms with E-state index in [1.165, 1.54) is 0 Å². The van der Waals surface area contributed by atoms with Crippen LogP contribution in [0.2, 0.25) is 0 Å². The van der Waals surface area contributed by atoms with Crippen LogP contribution in [-0.2, 0) is 14.2 Å². The van der Waals surface area contributed by atoms with Crippen molar-refractivity contribution in [2.24, 2.45) is 0 Å². The first-order valence-electron chi connectivity index (χ1n) is 5.33. The maximum absolute atomic E-state index is 9.91. The number of aliphatic hydroxyl groups excluding tert-OH is 2. The molecule has 5 heteroatoms. The molecule has 0 saturated carbocycles. The van der Waals surface area contributed by atoms with E-state index in [-0.39, 0.29) is 12.7 Å². The molecule has 15 heavy (non-hydrogen) atoms. The zero-order valence-corrected chi connectivity index (χ0v) is 9.05. The second-order valence-electron chi connectivity index (χ2n) is 4.50. The summed E-state index contributed by atoms with van der Waals surface area (Å²) in [7, 11) is 0. The molecule has 5 nitrogen and oxygen atoms in total. The second kappa shape index (κ2) is 3.99. The maximum Gasteiger partial charge on any atom is 0.190 e. The topological polar surface area (TPSA) is 68.2 Å². The number of aliphatic hydroxyl groups is 2. The predicted octanol–water partition coefficient (Wildman–Crippen LogP) is -0.00380. The molecule has 0 aliphatic carbocycles. The predicted molar refractivity (Wildman–Crippen MR) is 51.0 cm³/mol. The first-order valence-corrected chi connectivity index (χ1v) is 5.33. The third kappa shape index (κ3) is 2.16. The molecule has 0 radical (unpaired) electrons. The van der Waals surface area contributed by atoms with Crippen molar-refractivity contribution in [1.29, 1.82) is 0 Å². The van der Waals surface area contributed by atoms with E-state index < -0.39 is 24.3 Å². The highest BCUT2D eigenvalue weighted by molar-refractivity contribution is 4.92. The zero-order chi connectivity index (χ0) is 11.1. The minimum atomic E-state index is -0.682. The van der Waals surface area contributed by atoms with Crippen LogP contribution < -0.4 is 0 Å². The Morgan fingerprint density at radius 2 is 2.00 bits per heavy atom. The van der Waals surface area contributed by atoms with E-state index in [1.54, 1.807) is 13.8 Å². The number of hydrogen-bond donors (Lipinski definition) is 2. The molecule has 0 amide bonds. The molecule has 2 aliphatic rings. The third-order valence-corrected chi connectivity index (χ3v) is 2.76. The molecule has 0 spiro atoms. The SMILES string of the molecule is CC1(C)O[C@H]2O[C@H](CCCO)[C@H](O)[C@H]2O1. The summed E-state index contributed by atoms with van der Waals surface area (Å²) in [6.45, 7) is 3.70. The quantitative estimate of drug-likeness (QED) is 0.697. The van der Waals surface area contributed by atoms with Crippen LogP contribution in [0.3, 0.4) is 0 Å². The summed E-state index contributed by atoms with van der Waals surface area (Å²) in [5.74, 6) is -0.682. The Kier molecular flexibility index (Phi) is 3.00. The normalized spacial score (nSPS) is 43.2. The highest BCUT2D eigenvalue weighted by atomic mass is 16.8. The lowest BCUT2D eigenvalue weighted by atomic mass is 10.1. The molecule has 4 atom stereocenters. The number of ether oxygens (including phenoxy) is 3.